The van der Waals surface area contributed by atoms with Gasteiger partial charge in [-0.2, -0.15) is 0 Å². The standard InChI is InChI=1S/C35H39Cl2N5O3/c1-24-18-25(2)20-26(19-24)33(44)40-16-17-41(31(22-40)29-9-8-27(36)21-30(29)37)32(43)10-13-39-14-11-35(12-15-39)34(45)38-23-42(35)28-6-4-3-5-7-28/h3-9,18-21,31H,10-17,22-23H2,1-2H3,(H,38,45). The van der Waals surface area contributed by atoms with Gasteiger partial charge in [0.1, 0.15) is 5.54 Å². The van der Waals surface area contributed by atoms with Gasteiger partial charge in [0.25, 0.3) is 5.91 Å². The fourth-order valence-corrected chi connectivity index (χ4v) is 7.70. The normalized spacial score (nSPS) is 20.0. The molecule has 3 aliphatic heterocycles. The van der Waals surface area contributed by atoms with E-state index in [4.69, 9.17) is 23.2 Å². The van der Waals surface area contributed by atoms with E-state index in [1.165, 1.54) is 0 Å². The summed E-state index contributed by atoms with van der Waals surface area (Å²) in [4.78, 5) is 48.6. The van der Waals surface area contributed by atoms with Crippen LogP contribution in [0.2, 0.25) is 10.0 Å². The van der Waals surface area contributed by atoms with Crippen LogP contribution in [0.15, 0.2) is 66.7 Å². The maximum absolute atomic E-state index is 13.8. The molecular weight excluding hydrogens is 609 g/mol. The van der Waals surface area contributed by atoms with Crippen molar-refractivity contribution in [2.45, 2.75) is 44.7 Å². The molecule has 3 aromatic rings. The van der Waals surface area contributed by atoms with Crippen molar-refractivity contribution in [2.75, 3.05) is 50.8 Å². The number of nitrogens with zero attached hydrogens (tertiary/aromatic N) is 4. The van der Waals surface area contributed by atoms with Crippen LogP contribution in [0.3, 0.4) is 0 Å². The van der Waals surface area contributed by atoms with E-state index in [1.54, 1.807) is 12.1 Å². The molecule has 0 aliphatic carbocycles. The molecule has 0 bridgehead atoms. The van der Waals surface area contributed by atoms with Gasteiger partial charge >= 0.3 is 0 Å². The Morgan fingerprint density at radius 3 is 2.31 bits per heavy atom. The molecule has 3 fully saturated rings. The molecule has 0 saturated carbocycles. The second kappa shape index (κ2) is 13.0. The molecule has 45 heavy (non-hydrogen) atoms. The van der Waals surface area contributed by atoms with E-state index in [2.05, 4.69) is 15.1 Å². The highest BCUT2D eigenvalue weighted by atomic mass is 35.5. The highest BCUT2D eigenvalue weighted by Gasteiger charge is 2.50. The molecule has 1 N–H and O–H groups in total. The molecule has 1 spiro atoms. The molecule has 1 atom stereocenters. The first-order valence-electron chi connectivity index (χ1n) is 15.6. The van der Waals surface area contributed by atoms with Gasteiger partial charge in [0.15, 0.2) is 0 Å². The molecule has 3 aliphatic rings. The Morgan fingerprint density at radius 1 is 0.911 bits per heavy atom. The molecule has 1 unspecified atom stereocenters. The van der Waals surface area contributed by atoms with Crippen LogP contribution < -0.4 is 10.2 Å². The largest absolute Gasteiger partial charge is 0.339 e. The smallest absolute Gasteiger partial charge is 0.254 e. The van der Waals surface area contributed by atoms with Crippen molar-refractivity contribution in [3.8, 4) is 0 Å². The van der Waals surface area contributed by atoms with E-state index in [0.29, 0.717) is 67.7 Å². The number of likely N-dealkylation sites (tertiary alicyclic amines) is 1. The highest BCUT2D eigenvalue weighted by molar-refractivity contribution is 6.35. The first-order chi connectivity index (χ1) is 21.6. The van der Waals surface area contributed by atoms with Crippen LogP contribution in [0.25, 0.3) is 0 Å². The maximum Gasteiger partial charge on any atom is 0.254 e. The van der Waals surface area contributed by atoms with Crippen LogP contribution >= 0.6 is 23.2 Å². The van der Waals surface area contributed by atoms with Gasteiger partial charge in [0.2, 0.25) is 11.8 Å². The second-order valence-electron chi connectivity index (χ2n) is 12.4. The van der Waals surface area contributed by atoms with Crippen molar-refractivity contribution in [3.63, 3.8) is 0 Å². The molecule has 3 saturated heterocycles. The molecule has 236 valence electrons. The number of benzene rings is 3. The van der Waals surface area contributed by atoms with Gasteiger partial charge in [0.05, 0.1) is 12.7 Å². The van der Waals surface area contributed by atoms with Crippen LogP contribution in [0.1, 0.15) is 52.4 Å². The summed E-state index contributed by atoms with van der Waals surface area (Å²) >= 11 is 12.9. The quantitative estimate of drug-likeness (QED) is 0.385. The lowest BCUT2D eigenvalue weighted by Crippen LogP contribution is -2.57. The Morgan fingerprint density at radius 2 is 1.62 bits per heavy atom. The summed E-state index contributed by atoms with van der Waals surface area (Å²) in [5.74, 6) is 0.0547. The third-order valence-corrected chi connectivity index (χ3v) is 10.1. The number of piperazine rings is 1. The van der Waals surface area contributed by atoms with Gasteiger partial charge in [0, 0.05) is 67.0 Å². The van der Waals surface area contributed by atoms with Crippen molar-refractivity contribution in [2.24, 2.45) is 0 Å². The number of hydrogen-bond donors (Lipinski definition) is 1. The van der Waals surface area contributed by atoms with E-state index >= 15 is 0 Å². The molecule has 10 heteroatoms. The fraction of sp³-hybridized carbons (Fsp3) is 0.400. The molecular formula is C35H39Cl2N5O3. The number of halogens is 2. The number of amides is 3. The van der Waals surface area contributed by atoms with E-state index in [-0.39, 0.29) is 17.7 Å². The Bertz CT molecular complexity index is 1570. The predicted molar refractivity (Wildman–Crippen MR) is 178 cm³/mol. The summed E-state index contributed by atoms with van der Waals surface area (Å²) in [6.07, 6.45) is 1.74. The van der Waals surface area contributed by atoms with Crippen LogP contribution in [-0.4, -0.2) is 83.9 Å². The summed E-state index contributed by atoms with van der Waals surface area (Å²) in [7, 11) is 0. The maximum atomic E-state index is 13.8. The number of carbonyl (C=O) groups excluding carboxylic acids is 3. The van der Waals surface area contributed by atoms with Gasteiger partial charge in [-0.05, 0) is 68.7 Å². The summed E-state index contributed by atoms with van der Waals surface area (Å²) in [6.45, 7) is 7.74. The number of nitrogens with one attached hydrogen (secondary N) is 1. The minimum Gasteiger partial charge on any atom is -0.339 e. The van der Waals surface area contributed by atoms with Crippen molar-refractivity contribution in [1.82, 2.24) is 20.0 Å². The Labute approximate surface area is 274 Å². The minimum absolute atomic E-state index is 0.0225. The average molecular weight is 649 g/mol. The van der Waals surface area contributed by atoms with Gasteiger partial charge in [-0.15, -0.1) is 0 Å². The van der Waals surface area contributed by atoms with Crippen LogP contribution in [0, 0.1) is 13.8 Å². The molecule has 6 rings (SSSR count). The number of piperidine rings is 1. The van der Waals surface area contributed by atoms with E-state index in [1.807, 2.05) is 78.2 Å². The van der Waals surface area contributed by atoms with E-state index < -0.39 is 11.6 Å². The Hall–Kier alpha value is -3.59. The van der Waals surface area contributed by atoms with Crippen molar-refractivity contribution < 1.29 is 14.4 Å². The van der Waals surface area contributed by atoms with Crippen molar-refractivity contribution in [3.05, 3.63) is 99.0 Å². The van der Waals surface area contributed by atoms with Crippen LogP contribution in [0.5, 0.6) is 0 Å². The first kappa shape index (κ1) is 31.4. The number of aryl methyl sites for hydroxylation is 2. The van der Waals surface area contributed by atoms with E-state index in [9.17, 15) is 14.4 Å². The third kappa shape index (κ3) is 6.41. The van der Waals surface area contributed by atoms with Gasteiger partial charge in [-0.25, -0.2) is 0 Å². The zero-order valence-electron chi connectivity index (χ0n) is 25.8. The molecule has 3 amide bonds. The summed E-state index contributed by atoms with van der Waals surface area (Å²) in [5, 5.41) is 4.05. The number of carbonyl (C=O) groups is 3. The lowest BCUT2D eigenvalue weighted by molar-refractivity contribution is -0.136. The molecule has 3 heterocycles. The van der Waals surface area contributed by atoms with Crippen molar-refractivity contribution >= 4 is 46.6 Å². The number of hydrogen-bond acceptors (Lipinski definition) is 5. The first-order valence-corrected chi connectivity index (χ1v) is 16.4. The molecule has 8 nitrogen and oxygen atoms in total. The summed E-state index contributed by atoms with van der Waals surface area (Å²) in [5.41, 5.74) is 3.99. The molecule has 0 radical (unpaired) electrons. The number of para-hydroxylation sites is 1. The molecule has 3 aromatic carbocycles. The second-order valence-corrected chi connectivity index (χ2v) is 13.3. The predicted octanol–water partition coefficient (Wildman–Crippen LogP) is 5.45. The minimum atomic E-state index is -0.559. The molecule has 0 aromatic heterocycles. The monoisotopic (exact) mass is 647 g/mol. The SMILES string of the molecule is Cc1cc(C)cc(C(=O)N2CCN(C(=O)CCN3CCC4(CC3)C(=O)NCN4c3ccccc3)C(c3ccc(Cl)cc3Cl)C2)c1. The van der Waals surface area contributed by atoms with Crippen molar-refractivity contribution in [1.29, 1.82) is 0 Å². The lowest BCUT2D eigenvalue weighted by Gasteiger charge is -2.44. The zero-order valence-corrected chi connectivity index (χ0v) is 27.3. The van der Waals surface area contributed by atoms with Gasteiger partial charge in [-0.3, -0.25) is 14.4 Å². The Balaban J connectivity index is 1.13. The van der Waals surface area contributed by atoms with E-state index in [0.717, 1.165) is 35.5 Å². The lowest BCUT2D eigenvalue weighted by atomic mass is 9.85. The van der Waals surface area contributed by atoms with Gasteiger partial charge in [-0.1, -0.05) is 64.7 Å². The average Bonchev–Trinajstić information content (AvgIpc) is 3.34. The number of anilines is 1. The van der Waals surface area contributed by atoms with Gasteiger partial charge < -0.3 is 24.9 Å². The topological polar surface area (TPSA) is 76.2 Å². The fourth-order valence-electron chi connectivity index (χ4n) is 7.16. The zero-order chi connectivity index (χ0) is 31.7. The summed E-state index contributed by atoms with van der Waals surface area (Å²) in [6, 6.07) is 20.9. The van der Waals surface area contributed by atoms with Crippen LogP contribution in [0.4, 0.5) is 5.69 Å². The third-order valence-electron chi connectivity index (χ3n) is 9.51. The van der Waals surface area contributed by atoms with Crippen LogP contribution in [-0.2, 0) is 9.59 Å². The number of rotatable bonds is 6. The summed E-state index contributed by atoms with van der Waals surface area (Å²) < 4.78 is 0. The highest BCUT2D eigenvalue weighted by Crippen LogP contribution is 2.37. The Kier molecular flexibility index (Phi) is 9.09.